The zero-order valence-corrected chi connectivity index (χ0v) is 10.8. The molecule has 1 saturated carbocycles. The lowest BCUT2D eigenvalue weighted by Crippen LogP contribution is -2.27. The summed E-state index contributed by atoms with van der Waals surface area (Å²) in [5.74, 6) is -1.09. The van der Waals surface area contributed by atoms with Crippen LogP contribution in [-0.4, -0.2) is 21.1 Å². The van der Waals surface area contributed by atoms with E-state index in [0.29, 0.717) is 18.5 Å². The first-order chi connectivity index (χ1) is 9.55. The maximum Gasteiger partial charge on any atom is 0.391 e. The Balaban J connectivity index is 1.84. The summed E-state index contributed by atoms with van der Waals surface area (Å²) >= 11 is 0. The Morgan fingerprint density at radius 1 is 1.00 bits per heavy atom. The third-order valence-corrected chi connectivity index (χ3v) is 4.02. The Morgan fingerprint density at radius 3 is 2.45 bits per heavy atom. The van der Waals surface area contributed by atoms with Crippen LogP contribution in [0.1, 0.15) is 37.3 Å². The summed E-state index contributed by atoms with van der Waals surface area (Å²) in [5, 5.41) is 0.852. The highest BCUT2D eigenvalue weighted by atomic mass is 19.4. The lowest BCUT2D eigenvalue weighted by atomic mass is 9.79. The average molecular weight is 281 g/mol. The molecule has 3 rings (SSSR count). The van der Waals surface area contributed by atoms with Gasteiger partial charge in [-0.2, -0.15) is 13.2 Å². The molecule has 3 nitrogen and oxygen atoms in total. The van der Waals surface area contributed by atoms with Gasteiger partial charge in [0.25, 0.3) is 0 Å². The van der Waals surface area contributed by atoms with Crippen LogP contribution in [-0.2, 0) is 0 Å². The van der Waals surface area contributed by atoms with Crippen LogP contribution < -0.4 is 0 Å². The highest BCUT2D eigenvalue weighted by Gasteiger charge is 2.41. The summed E-state index contributed by atoms with van der Waals surface area (Å²) in [6.07, 6.45) is 0.427. The fraction of sp³-hybridized carbons (Fsp3) is 0.500. The molecule has 20 heavy (non-hydrogen) atoms. The first kappa shape index (κ1) is 13.3. The number of nitrogens with zero attached hydrogens (tertiary/aromatic N) is 3. The van der Waals surface area contributed by atoms with Crippen LogP contribution in [0, 0.1) is 5.92 Å². The second-order valence-electron chi connectivity index (χ2n) is 5.22. The Kier molecular flexibility index (Phi) is 3.31. The minimum Gasteiger partial charge on any atom is -0.240 e. The second kappa shape index (κ2) is 5.00. The Morgan fingerprint density at radius 2 is 1.75 bits per heavy atom. The van der Waals surface area contributed by atoms with Crippen LogP contribution in [0.15, 0.2) is 24.7 Å². The molecular formula is C14H14F3N3. The lowest BCUT2D eigenvalue weighted by Gasteiger charge is -2.29. The van der Waals surface area contributed by atoms with Gasteiger partial charge in [-0.1, -0.05) is 0 Å². The maximum absolute atomic E-state index is 12.7. The van der Waals surface area contributed by atoms with E-state index in [0.717, 1.165) is 11.1 Å². The van der Waals surface area contributed by atoms with E-state index >= 15 is 0 Å². The monoisotopic (exact) mass is 281 g/mol. The van der Waals surface area contributed by atoms with Crippen molar-refractivity contribution in [3.8, 4) is 0 Å². The minimum absolute atomic E-state index is 0.0725. The number of pyridine rings is 1. The number of hydrogen-bond acceptors (Lipinski definition) is 3. The molecule has 6 heteroatoms. The Hall–Kier alpha value is -1.72. The molecule has 2 aromatic heterocycles. The summed E-state index contributed by atoms with van der Waals surface area (Å²) < 4.78 is 38.1. The topological polar surface area (TPSA) is 38.7 Å². The summed E-state index contributed by atoms with van der Waals surface area (Å²) in [6.45, 7) is 0. The fourth-order valence-electron chi connectivity index (χ4n) is 2.93. The summed E-state index contributed by atoms with van der Waals surface area (Å²) in [7, 11) is 0. The van der Waals surface area contributed by atoms with Crippen molar-refractivity contribution in [3.63, 3.8) is 0 Å². The summed E-state index contributed by atoms with van der Waals surface area (Å²) in [5.41, 5.74) is 1.44. The lowest BCUT2D eigenvalue weighted by molar-refractivity contribution is -0.182. The smallest absolute Gasteiger partial charge is 0.240 e. The first-order valence-electron chi connectivity index (χ1n) is 6.68. The number of hydrogen-bond donors (Lipinski definition) is 0. The van der Waals surface area contributed by atoms with E-state index < -0.39 is 12.1 Å². The number of rotatable bonds is 1. The molecule has 0 spiro atoms. The van der Waals surface area contributed by atoms with Crippen molar-refractivity contribution in [1.29, 1.82) is 0 Å². The standard InChI is InChI=1S/C14H14F3N3/c15-14(16,17)10-5-3-9(4-6-10)12-11-2-1-7-18-13(11)20-8-19-12/h1-2,7-10H,3-6H2. The molecule has 0 aromatic carbocycles. The highest BCUT2D eigenvalue weighted by molar-refractivity contribution is 5.77. The number of halogens is 3. The van der Waals surface area contributed by atoms with E-state index in [9.17, 15) is 13.2 Å². The van der Waals surface area contributed by atoms with Crippen molar-refractivity contribution in [2.24, 2.45) is 5.92 Å². The number of aromatic nitrogens is 3. The van der Waals surface area contributed by atoms with Crippen LogP contribution in [0.5, 0.6) is 0 Å². The molecule has 1 aliphatic rings. The first-order valence-corrected chi connectivity index (χ1v) is 6.68. The highest BCUT2D eigenvalue weighted by Crippen LogP contribution is 2.43. The van der Waals surface area contributed by atoms with Crippen LogP contribution >= 0.6 is 0 Å². The molecule has 0 saturated heterocycles. The molecule has 0 radical (unpaired) electrons. The molecule has 2 aromatic rings. The van der Waals surface area contributed by atoms with Crippen LogP contribution in [0.3, 0.4) is 0 Å². The average Bonchev–Trinajstić information content (AvgIpc) is 2.46. The SMILES string of the molecule is FC(F)(F)C1CCC(c2ncnc3ncccc23)CC1. The minimum atomic E-state index is -4.07. The van der Waals surface area contributed by atoms with E-state index in [1.807, 2.05) is 6.07 Å². The molecule has 2 heterocycles. The van der Waals surface area contributed by atoms with Crippen molar-refractivity contribution in [2.45, 2.75) is 37.8 Å². The molecule has 0 atom stereocenters. The van der Waals surface area contributed by atoms with Gasteiger partial charge in [0.05, 0.1) is 11.6 Å². The molecule has 0 N–H and O–H groups in total. The Bertz CT molecular complexity index is 599. The molecule has 1 fully saturated rings. The van der Waals surface area contributed by atoms with Crippen molar-refractivity contribution in [2.75, 3.05) is 0 Å². The van der Waals surface area contributed by atoms with Gasteiger partial charge in [0, 0.05) is 17.5 Å². The van der Waals surface area contributed by atoms with Crippen molar-refractivity contribution < 1.29 is 13.2 Å². The van der Waals surface area contributed by atoms with Crippen LogP contribution in [0.2, 0.25) is 0 Å². The Labute approximate surface area is 114 Å². The molecule has 106 valence electrons. The predicted molar refractivity (Wildman–Crippen MR) is 68.1 cm³/mol. The summed E-state index contributed by atoms with van der Waals surface area (Å²) in [4.78, 5) is 12.5. The van der Waals surface area contributed by atoms with E-state index in [4.69, 9.17) is 0 Å². The molecular weight excluding hydrogens is 267 g/mol. The molecule has 0 bridgehead atoms. The van der Waals surface area contributed by atoms with Crippen molar-refractivity contribution >= 4 is 11.0 Å². The zero-order chi connectivity index (χ0) is 14.2. The quantitative estimate of drug-likeness (QED) is 0.796. The van der Waals surface area contributed by atoms with Gasteiger partial charge in [0.2, 0.25) is 0 Å². The third kappa shape index (κ3) is 2.46. The molecule has 1 aliphatic carbocycles. The zero-order valence-electron chi connectivity index (χ0n) is 10.8. The molecule has 0 unspecified atom stereocenters. The third-order valence-electron chi connectivity index (χ3n) is 4.02. The van der Waals surface area contributed by atoms with Gasteiger partial charge in [-0.25, -0.2) is 15.0 Å². The second-order valence-corrected chi connectivity index (χ2v) is 5.22. The van der Waals surface area contributed by atoms with Crippen molar-refractivity contribution in [1.82, 2.24) is 15.0 Å². The van der Waals surface area contributed by atoms with Gasteiger partial charge in [-0.05, 0) is 37.8 Å². The summed E-state index contributed by atoms with van der Waals surface area (Å²) in [6, 6.07) is 3.68. The van der Waals surface area contributed by atoms with Crippen molar-refractivity contribution in [3.05, 3.63) is 30.4 Å². The van der Waals surface area contributed by atoms with Gasteiger partial charge < -0.3 is 0 Å². The number of fused-ring (bicyclic) bond motifs is 1. The van der Waals surface area contributed by atoms with E-state index in [1.165, 1.54) is 6.33 Å². The van der Waals surface area contributed by atoms with E-state index in [-0.39, 0.29) is 18.8 Å². The number of alkyl halides is 3. The largest absolute Gasteiger partial charge is 0.391 e. The van der Waals surface area contributed by atoms with E-state index in [1.54, 1.807) is 12.3 Å². The predicted octanol–water partition coefficient (Wildman–Crippen LogP) is 3.86. The van der Waals surface area contributed by atoms with Gasteiger partial charge in [0.15, 0.2) is 5.65 Å². The normalized spacial score (nSPS) is 23.9. The van der Waals surface area contributed by atoms with Crippen LogP contribution in [0.4, 0.5) is 13.2 Å². The van der Waals surface area contributed by atoms with Gasteiger partial charge in [-0.3, -0.25) is 0 Å². The van der Waals surface area contributed by atoms with Gasteiger partial charge >= 0.3 is 6.18 Å². The van der Waals surface area contributed by atoms with Gasteiger partial charge in [-0.15, -0.1) is 0 Å². The van der Waals surface area contributed by atoms with Crippen LogP contribution in [0.25, 0.3) is 11.0 Å². The van der Waals surface area contributed by atoms with E-state index in [2.05, 4.69) is 15.0 Å². The molecule has 0 amide bonds. The fourth-order valence-corrected chi connectivity index (χ4v) is 2.93. The maximum atomic E-state index is 12.7. The molecule has 0 aliphatic heterocycles. The van der Waals surface area contributed by atoms with Gasteiger partial charge in [0.1, 0.15) is 6.33 Å².